The van der Waals surface area contributed by atoms with Gasteiger partial charge >= 0.3 is 5.69 Å². The van der Waals surface area contributed by atoms with Crippen molar-refractivity contribution >= 4 is 0 Å². The van der Waals surface area contributed by atoms with Gasteiger partial charge in [-0.1, -0.05) is 54.6 Å². The van der Waals surface area contributed by atoms with E-state index in [1.807, 2.05) is 78.9 Å². The van der Waals surface area contributed by atoms with Crippen LogP contribution in [0.3, 0.4) is 0 Å². The average Bonchev–Trinajstić information content (AvgIpc) is 3.33. The Kier molecular flexibility index (Phi) is 7.41. The predicted molar refractivity (Wildman–Crippen MR) is 148 cm³/mol. The molecule has 0 saturated heterocycles. The van der Waals surface area contributed by atoms with Crippen molar-refractivity contribution in [2.24, 2.45) is 0 Å². The van der Waals surface area contributed by atoms with E-state index in [1.54, 1.807) is 27.3 Å². The van der Waals surface area contributed by atoms with Crippen molar-refractivity contribution in [3.8, 4) is 11.5 Å². The van der Waals surface area contributed by atoms with Crippen molar-refractivity contribution in [2.45, 2.75) is 43.6 Å². The molecule has 5 rings (SSSR count). The first-order valence-electron chi connectivity index (χ1n) is 12.9. The summed E-state index contributed by atoms with van der Waals surface area (Å²) in [4.78, 5) is 26.9. The number of aliphatic hydroxyl groups is 1. The van der Waals surface area contributed by atoms with Gasteiger partial charge in [0.15, 0.2) is 0 Å². The quantitative estimate of drug-likeness (QED) is 0.336. The standard InChI is InChI=1S/C31H32N2O6/c1-20-19-33(30(36)32-29(20)35)24-17-27(34)28(18-24)39-31(21-7-5-4-6-8-21,22-9-13-25(37-2)14-10-22)23-11-15-26(38-3)16-12-23/h4-16,19,24,27-28,34H,17-18H2,1-3H3,(H,32,35,36)/t24-,27-,28-/m0/s1. The molecule has 1 aliphatic rings. The van der Waals surface area contributed by atoms with E-state index in [1.165, 1.54) is 4.57 Å². The van der Waals surface area contributed by atoms with Gasteiger partial charge in [0.25, 0.3) is 5.56 Å². The highest BCUT2D eigenvalue weighted by Crippen LogP contribution is 2.45. The summed E-state index contributed by atoms with van der Waals surface area (Å²) in [5.74, 6) is 1.42. The first-order chi connectivity index (χ1) is 18.8. The molecule has 0 unspecified atom stereocenters. The number of rotatable bonds is 8. The van der Waals surface area contributed by atoms with E-state index in [-0.39, 0.29) is 6.04 Å². The summed E-state index contributed by atoms with van der Waals surface area (Å²) in [6, 6.07) is 24.9. The number of nitrogens with zero attached hydrogens (tertiary/aromatic N) is 1. The summed E-state index contributed by atoms with van der Waals surface area (Å²) in [7, 11) is 3.24. The topological polar surface area (TPSA) is 103 Å². The van der Waals surface area contributed by atoms with Crippen LogP contribution >= 0.6 is 0 Å². The van der Waals surface area contributed by atoms with E-state index in [9.17, 15) is 14.7 Å². The smallest absolute Gasteiger partial charge is 0.328 e. The average molecular weight is 529 g/mol. The van der Waals surface area contributed by atoms with Gasteiger partial charge in [0.2, 0.25) is 0 Å². The third-order valence-electron chi connectivity index (χ3n) is 7.49. The van der Waals surface area contributed by atoms with E-state index in [2.05, 4.69) is 4.98 Å². The van der Waals surface area contributed by atoms with Gasteiger partial charge in [0.1, 0.15) is 17.1 Å². The lowest BCUT2D eigenvalue weighted by Gasteiger charge is -2.39. The molecule has 8 nitrogen and oxygen atoms in total. The minimum Gasteiger partial charge on any atom is -0.497 e. The van der Waals surface area contributed by atoms with Crippen LogP contribution in [-0.2, 0) is 10.3 Å². The second-order valence-corrected chi connectivity index (χ2v) is 9.83. The van der Waals surface area contributed by atoms with Crippen LogP contribution in [0.15, 0.2) is 94.6 Å². The van der Waals surface area contributed by atoms with Crippen LogP contribution in [0.4, 0.5) is 0 Å². The lowest BCUT2D eigenvalue weighted by atomic mass is 9.79. The Labute approximate surface area is 226 Å². The number of hydrogen-bond acceptors (Lipinski definition) is 6. The van der Waals surface area contributed by atoms with Crippen LogP contribution in [0, 0.1) is 6.92 Å². The number of aromatic nitrogens is 2. The molecule has 0 amide bonds. The fourth-order valence-corrected chi connectivity index (χ4v) is 5.42. The van der Waals surface area contributed by atoms with Crippen molar-refractivity contribution in [1.82, 2.24) is 9.55 Å². The van der Waals surface area contributed by atoms with E-state index in [0.29, 0.717) is 29.9 Å². The van der Waals surface area contributed by atoms with E-state index in [4.69, 9.17) is 14.2 Å². The number of nitrogens with one attached hydrogen (secondary N) is 1. The summed E-state index contributed by atoms with van der Waals surface area (Å²) in [6.45, 7) is 1.65. The van der Waals surface area contributed by atoms with Crippen LogP contribution in [0.25, 0.3) is 0 Å². The third kappa shape index (κ3) is 5.01. The SMILES string of the molecule is COc1ccc(C(O[C@H]2C[C@@H](n3cc(C)c(=O)[nH]c3=O)C[C@@H]2O)(c2ccccc2)c2ccc(OC)cc2)cc1. The Morgan fingerprint density at radius 2 is 1.36 bits per heavy atom. The van der Waals surface area contributed by atoms with E-state index in [0.717, 1.165) is 16.7 Å². The molecule has 1 aliphatic carbocycles. The Morgan fingerprint density at radius 1 is 0.821 bits per heavy atom. The third-order valence-corrected chi connectivity index (χ3v) is 7.49. The maximum absolute atomic E-state index is 12.6. The first kappa shape index (κ1) is 26.5. The Bertz CT molecular complexity index is 1480. The van der Waals surface area contributed by atoms with Crippen molar-refractivity contribution in [3.05, 3.63) is 128 Å². The highest BCUT2D eigenvalue weighted by molar-refractivity contribution is 5.50. The fraction of sp³-hybridized carbons (Fsp3) is 0.290. The van der Waals surface area contributed by atoms with Crippen LogP contribution in [0.1, 0.15) is 41.1 Å². The van der Waals surface area contributed by atoms with Crippen LogP contribution < -0.4 is 20.7 Å². The highest BCUT2D eigenvalue weighted by Gasteiger charge is 2.45. The van der Waals surface area contributed by atoms with Gasteiger partial charge < -0.3 is 19.3 Å². The molecular formula is C31H32N2O6. The molecule has 8 heteroatoms. The lowest BCUT2D eigenvalue weighted by Crippen LogP contribution is -2.39. The normalized spacial score (nSPS) is 19.1. The summed E-state index contributed by atoms with van der Waals surface area (Å²) in [6.07, 6.45) is 0.796. The Balaban J connectivity index is 1.63. The zero-order valence-corrected chi connectivity index (χ0v) is 22.2. The number of aromatic amines is 1. The van der Waals surface area contributed by atoms with Crippen LogP contribution in [-0.4, -0.2) is 41.1 Å². The fourth-order valence-electron chi connectivity index (χ4n) is 5.42. The predicted octanol–water partition coefficient (Wildman–Crippen LogP) is 3.94. The molecule has 1 saturated carbocycles. The summed E-state index contributed by atoms with van der Waals surface area (Å²) >= 11 is 0. The second kappa shape index (κ2) is 10.9. The van der Waals surface area contributed by atoms with Crippen LogP contribution in [0.5, 0.6) is 11.5 Å². The van der Waals surface area contributed by atoms with Crippen molar-refractivity contribution in [2.75, 3.05) is 14.2 Å². The van der Waals surface area contributed by atoms with E-state index >= 15 is 0 Å². The van der Waals surface area contributed by atoms with Gasteiger partial charge in [-0.05, 0) is 60.7 Å². The summed E-state index contributed by atoms with van der Waals surface area (Å²) in [5, 5.41) is 11.3. The number of benzene rings is 3. The molecule has 202 valence electrons. The van der Waals surface area contributed by atoms with Gasteiger partial charge in [0, 0.05) is 17.8 Å². The summed E-state index contributed by atoms with van der Waals surface area (Å²) < 4.78 is 19.4. The lowest BCUT2D eigenvalue weighted by molar-refractivity contribution is -0.0889. The molecule has 39 heavy (non-hydrogen) atoms. The maximum Gasteiger partial charge on any atom is 0.328 e. The molecule has 3 atom stereocenters. The molecule has 1 fully saturated rings. The minimum atomic E-state index is -1.09. The Hall–Kier alpha value is -4.14. The van der Waals surface area contributed by atoms with Gasteiger partial charge in [-0.3, -0.25) is 14.3 Å². The van der Waals surface area contributed by atoms with Gasteiger partial charge in [-0.25, -0.2) is 4.79 Å². The zero-order chi connectivity index (χ0) is 27.6. The van der Waals surface area contributed by atoms with Crippen molar-refractivity contribution in [1.29, 1.82) is 0 Å². The number of hydrogen-bond donors (Lipinski definition) is 2. The largest absolute Gasteiger partial charge is 0.497 e. The molecule has 0 aliphatic heterocycles. The zero-order valence-electron chi connectivity index (χ0n) is 22.2. The first-order valence-corrected chi connectivity index (χ1v) is 12.9. The molecule has 2 N–H and O–H groups in total. The monoisotopic (exact) mass is 528 g/mol. The van der Waals surface area contributed by atoms with Crippen LogP contribution in [0.2, 0.25) is 0 Å². The number of aliphatic hydroxyl groups excluding tert-OH is 1. The molecule has 0 spiro atoms. The molecular weight excluding hydrogens is 496 g/mol. The minimum absolute atomic E-state index is 0.312. The summed E-state index contributed by atoms with van der Waals surface area (Å²) in [5.41, 5.74) is 1.02. The number of H-pyrrole nitrogens is 1. The molecule has 1 aromatic heterocycles. The van der Waals surface area contributed by atoms with Gasteiger partial charge in [-0.2, -0.15) is 0 Å². The number of aryl methyl sites for hydroxylation is 1. The van der Waals surface area contributed by atoms with Crippen molar-refractivity contribution in [3.63, 3.8) is 0 Å². The maximum atomic E-state index is 12.6. The molecule has 0 bridgehead atoms. The molecule has 1 heterocycles. The van der Waals surface area contributed by atoms with Gasteiger partial charge in [-0.15, -0.1) is 0 Å². The Morgan fingerprint density at radius 3 is 1.90 bits per heavy atom. The second-order valence-electron chi connectivity index (χ2n) is 9.83. The number of ether oxygens (including phenoxy) is 3. The number of methoxy groups -OCH3 is 2. The van der Waals surface area contributed by atoms with E-state index < -0.39 is 29.1 Å². The molecule has 4 aromatic rings. The van der Waals surface area contributed by atoms with Crippen molar-refractivity contribution < 1.29 is 19.3 Å². The molecule has 0 radical (unpaired) electrons. The molecule has 3 aromatic carbocycles. The highest BCUT2D eigenvalue weighted by atomic mass is 16.5. The van der Waals surface area contributed by atoms with Gasteiger partial charge in [0.05, 0.1) is 26.4 Å².